The molecule has 0 aromatic heterocycles. The number of hydrogen-bond acceptors (Lipinski definition) is 3. The fourth-order valence-electron chi connectivity index (χ4n) is 1.55. The summed E-state index contributed by atoms with van der Waals surface area (Å²) in [6.07, 6.45) is -0.535. The first-order valence-corrected chi connectivity index (χ1v) is 5.83. The van der Waals surface area contributed by atoms with Gasteiger partial charge in [-0.1, -0.05) is 48.5 Å². The SMILES string of the molecule is C[C@H](ONc1ccccc1)C(=O)c1ccccc1. The Morgan fingerprint density at radius 1 is 1.00 bits per heavy atom. The van der Waals surface area contributed by atoms with Crippen LogP contribution >= 0.6 is 0 Å². The highest BCUT2D eigenvalue weighted by atomic mass is 16.7. The lowest BCUT2D eigenvalue weighted by atomic mass is 10.1. The Balaban J connectivity index is 1.93. The fraction of sp³-hybridized carbons (Fsp3) is 0.133. The highest BCUT2D eigenvalue weighted by Crippen LogP contribution is 2.09. The first-order valence-electron chi connectivity index (χ1n) is 5.83. The number of anilines is 1. The second-order valence-corrected chi connectivity index (χ2v) is 3.96. The molecule has 0 spiro atoms. The average Bonchev–Trinajstić information content (AvgIpc) is 2.46. The van der Waals surface area contributed by atoms with E-state index >= 15 is 0 Å². The summed E-state index contributed by atoms with van der Waals surface area (Å²) in [7, 11) is 0. The van der Waals surface area contributed by atoms with Gasteiger partial charge in [-0.05, 0) is 19.1 Å². The van der Waals surface area contributed by atoms with E-state index in [1.54, 1.807) is 19.1 Å². The largest absolute Gasteiger partial charge is 0.291 e. The second-order valence-electron chi connectivity index (χ2n) is 3.96. The molecule has 18 heavy (non-hydrogen) atoms. The van der Waals surface area contributed by atoms with Gasteiger partial charge >= 0.3 is 0 Å². The maximum atomic E-state index is 12.0. The topological polar surface area (TPSA) is 38.3 Å². The van der Waals surface area contributed by atoms with Crippen molar-refractivity contribution in [2.75, 3.05) is 5.48 Å². The van der Waals surface area contributed by atoms with Gasteiger partial charge in [0.15, 0.2) is 5.78 Å². The standard InChI is InChI=1S/C15H15NO2/c1-12(15(17)13-8-4-2-5-9-13)18-16-14-10-6-3-7-11-14/h2-12,16H,1H3/t12-/m0/s1. The van der Waals surface area contributed by atoms with Crippen LogP contribution in [0.4, 0.5) is 5.69 Å². The van der Waals surface area contributed by atoms with Gasteiger partial charge in [0.25, 0.3) is 0 Å². The van der Waals surface area contributed by atoms with Gasteiger partial charge in [0.2, 0.25) is 0 Å². The van der Waals surface area contributed by atoms with Gasteiger partial charge in [-0.25, -0.2) is 0 Å². The van der Waals surface area contributed by atoms with Crippen LogP contribution in [-0.2, 0) is 4.84 Å². The Bertz CT molecular complexity index is 496. The van der Waals surface area contributed by atoms with Crippen LogP contribution in [0.2, 0.25) is 0 Å². The number of para-hydroxylation sites is 1. The van der Waals surface area contributed by atoms with Crippen LogP contribution in [0.3, 0.4) is 0 Å². The summed E-state index contributed by atoms with van der Waals surface area (Å²) < 4.78 is 0. The molecule has 1 atom stereocenters. The Hall–Kier alpha value is -2.13. The molecule has 0 aliphatic rings. The molecule has 2 aromatic rings. The van der Waals surface area contributed by atoms with Crippen LogP contribution in [0, 0.1) is 0 Å². The van der Waals surface area contributed by atoms with Gasteiger partial charge in [0.05, 0.1) is 5.69 Å². The quantitative estimate of drug-likeness (QED) is 0.644. The molecular weight excluding hydrogens is 226 g/mol. The molecule has 0 radical (unpaired) electrons. The third kappa shape index (κ3) is 3.18. The Morgan fingerprint density at radius 3 is 2.17 bits per heavy atom. The van der Waals surface area contributed by atoms with Gasteiger partial charge in [-0.15, -0.1) is 0 Å². The molecule has 0 saturated carbocycles. The predicted molar refractivity (Wildman–Crippen MR) is 71.4 cm³/mol. The lowest BCUT2D eigenvalue weighted by molar-refractivity contribution is 0.0648. The normalized spacial score (nSPS) is 11.8. The minimum Gasteiger partial charge on any atom is -0.291 e. The van der Waals surface area contributed by atoms with Crippen molar-refractivity contribution in [2.24, 2.45) is 0 Å². The minimum atomic E-state index is -0.535. The lowest BCUT2D eigenvalue weighted by Crippen LogP contribution is -2.23. The van der Waals surface area contributed by atoms with Crippen LogP contribution in [0.5, 0.6) is 0 Å². The van der Waals surface area contributed by atoms with E-state index in [4.69, 9.17) is 4.84 Å². The first-order chi connectivity index (χ1) is 8.77. The van der Waals surface area contributed by atoms with Crippen molar-refractivity contribution in [1.29, 1.82) is 0 Å². The summed E-state index contributed by atoms with van der Waals surface area (Å²) in [5.41, 5.74) is 4.25. The molecule has 3 nitrogen and oxygen atoms in total. The summed E-state index contributed by atoms with van der Waals surface area (Å²) in [5, 5.41) is 0. The minimum absolute atomic E-state index is 0.0426. The molecule has 0 bridgehead atoms. The summed E-state index contributed by atoms with van der Waals surface area (Å²) >= 11 is 0. The lowest BCUT2D eigenvalue weighted by Gasteiger charge is -2.13. The molecular formula is C15H15NO2. The Kier molecular flexibility index (Phi) is 4.10. The van der Waals surface area contributed by atoms with Crippen molar-refractivity contribution >= 4 is 11.5 Å². The molecule has 0 aliphatic carbocycles. The molecule has 92 valence electrons. The van der Waals surface area contributed by atoms with Crippen LogP contribution in [-0.4, -0.2) is 11.9 Å². The number of ketones is 1. The van der Waals surface area contributed by atoms with Crippen LogP contribution < -0.4 is 5.48 Å². The molecule has 2 aromatic carbocycles. The number of carbonyl (C=O) groups excluding carboxylic acids is 1. The van der Waals surface area contributed by atoms with E-state index in [9.17, 15) is 4.79 Å². The van der Waals surface area contributed by atoms with E-state index in [-0.39, 0.29) is 5.78 Å². The molecule has 3 heteroatoms. The maximum Gasteiger partial charge on any atom is 0.193 e. The monoisotopic (exact) mass is 241 g/mol. The van der Waals surface area contributed by atoms with Gasteiger partial charge < -0.3 is 0 Å². The van der Waals surface area contributed by atoms with Gasteiger partial charge in [-0.2, -0.15) is 0 Å². The van der Waals surface area contributed by atoms with E-state index in [1.165, 1.54) is 0 Å². The zero-order valence-corrected chi connectivity index (χ0v) is 10.2. The molecule has 0 heterocycles. The van der Waals surface area contributed by atoms with Crippen LogP contribution in [0.15, 0.2) is 60.7 Å². The van der Waals surface area contributed by atoms with E-state index in [0.29, 0.717) is 5.56 Å². The molecule has 2 rings (SSSR count). The van der Waals surface area contributed by atoms with Crippen LogP contribution in [0.25, 0.3) is 0 Å². The third-order valence-electron chi connectivity index (χ3n) is 2.55. The number of rotatable bonds is 5. The maximum absolute atomic E-state index is 12.0. The zero-order valence-electron chi connectivity index (χ0n) is 10.2. The van der Waals surface area contributed by atoms with Crippen molar-refractivity contribution < 1.29 is 9.63 Å². The van der Waals surface area contributed by atoms with E-state index < -0.39 is 6.10 Å². The number of carbonyl (C=O) groups is 1. The molecule has 0 aliphatic heterocycles. The van der Waals surface area contributed by atoms with Crippen molar-refractivity contribution in [2.45, 2.75) is 13.0 Å². The van der Waals surface area contributed by atoms with E-state index in [0.717, 1.165) is 5.69 Å². The summed E-state index contributed by atoms with van der Waals surface area (Å²) in [6, 6.07) is 18.6. The first kappa shape index (κ1) is 12.3. The van der Waals surface area contributed by atoms with E-state index in [1.807, 2.05) is 48.5 Å². The third-order valence-corrected chi connectivity index (χ3v) is 2.55. The number of nitrogens with one attached hydrogen (secondary N) is 1. The second kappa shape index (κ2) is 5.98. The average molecular weight is 241 g/mol. The fourth-order valence-corrected chi connectivity index (χ4v) is 1.55. The Morgan fingerprint density at radius 2 is 1.56 bits per heavy atom. The smallest absolute Gasteiger partial charge is 0.193 e. The molecule has 0 fully saturated rings. The van der Waals surface area contributed by atoms with Gasteiger partial charge in [0, 0.05) is 5.56 Å². The number of benzene rings is 2. The number of Topliss-reactive ketones (excluding diaryl/α,β-unsaturated/α-hetero) is 1. The summed E-state index contributed by atoms with van der Waals surface area (Å²) in [6.45, 7) is 1.73. The van der Waals surface area contributed by atoms with Crippen molar-refractivity contribution in [3.63, 3.8) is 0 Å². The molecule has 0 amide bonds. The molecule has 1 N–H and O–H groups in total. The zero-order chi connectivity index (χ0) is 12.8. The van der Waals surface area contributed by atoms with Crippen molar-refractivity contribution in [3.05, 3.63) is 66.2 Å². The van der Waals surface area contributed by atoms with Crippen molar-refractivity contribution in [1.82, 2.24) is 0 Å². The summed E-state index contributed by atoms with van der Waals surface area (Å²) in [4.78, 5) is 17.3. The molecule has 0 saturated heterocycles. The van der Waals surface area contributed by atoms with E-state index in [2.05, 4.69) is 5.48 Å². The van der Waals surface area contributed by atoms with Crippen LogP contribution in [0.1, 0.15) is 17.3 Å². The number of hydrogen-bond donors (Lipinski definition) is 1. The Labute approximate surface area is 106 Å². The van der Waals surface area contributed by atoms with Crippen molar-refractivity contribution in [3.8, 4) is 0 Å². The van der Waals surface area contributed by atoms with Gasteiger partial charge in [0.1, 0.15) is 6.10 Å². The predicted octanol–water partition coefficient (Wildman–Crippen LogP) is 3.30. The highest BCUT2D eigenvalue weighted by Gasteiger charge is 2.15. The van der Waals surface area contributed by atoms with Gasteiger partial charge in [-0.3, -0.25) is 15.1 Å². The summed E-state index contributed by atoms with van der Waals surface area (Å²) in [5.74, 6) is -0.0426. The molecule has 0 unspecified atom stereocenters. The highest BCUT2D eigenvalue weighted by molar-refractivity contribution is 5.99.